The molecule has 1 heterocycles. The summed E-state index contributed by atoms with van der Waals surface area (Å²) in [6, 6.07) is 8.15. The summed E-state index contributed by atoms with van der Waals surface area (Å²) in [4.78, 5) is 0. The predicted octanol–water partition coefficient (Wildman–Crippen LogP) is 2.43. The van der Waals surface area contributed by atoms with Gasteiger partial charge in [-0.1, -0.05) is 6.07 Å². The Labute approximate surface area is 130 Å². The highest BCUT2D eigenvalue weighted by Crippen LogP contribution is 2.39. The molecule has 0 N–H and O–H groups in total. The van der Waals surface area contributed by atoms with Crippen LogP contribution in [0.5, 0.6) is 5.75 Å². The number of benzene rings is 1. The quantitative estimate of drug-likeness (QED) is 0.677. The fraction of sp³-hybridized carbons (Fsp3) is 0.375. The van der Waals surface area contributed by atoms with Gasteiger partial charge >= 0.3 is 0 Å². The van der Waals surface area contributed by atoms with Gasteiger partial charge in [0.05, 0.1) is 31.7 Å². The largest absolute Gasteiger partial charge is 0.497 e. The second-order valence-electron chi connectivity index (χ2n) is 5.65. The normalized spacial score (nSPS) is 14.5. The molecule has 0 saturated carbocycles. The van der Waals surface area contributed by atoms with Gasteiger partial charge in [0, 0.05) is 18.2 Å². The fourth-order valence-corrected chi connectivity index (χ4v) is 3.67. The zero-order valence-electron chi connectivity index (χ0n) is 12.9. The van der Waals surface area contributed by atoms with Crippen LogP contribution in [-0.4, -0.2) is 32.5 Å². The van der Waals surface area contributed by atoms with E-state index < -0.39 is 16.2 Å². The van der Waals surface area contributed by atoms with E-state index in [1.54, 1.807) is 14.0 Å². The lowest BCUT2D eigenvalue weighted by Crippen LogP contribution is -2.20. The highest BCUT2D eigenvalue weighted by Gasteiger charge is 2.24. The van der Waals surface area contributed by atoms with Crippen LogP contribution >= 0.6 is 0 Å². The molecule has 0 aliphatic heterocycles. The lowest BCUT2D eigenvalue weighted by molar-refractivity contribution is 0.210. The van der Waals surface area contributed by atoms with Crippen LogP contribution in [0, 0.1) is 0 Å². The van der Waals surface area contributed by atoms with Crippen LogP contribution in [0.1, 0.15) is 18.1 Å². The van der Waals surface area contributed by atoms with Crippen LogP contribution in [0.4, 0.5) is 0 Å². The molecule has 1 aliphatic rings. The minimum absolute atomic E-state index is 0.416. The summed E-state index contributed by atoms with van der Waals surface area (Å²) in [6.45, 7) is 2.24. The van der Waals surface area contributed by atoms with Gasteiger partial charge < -0.3 is 9.30 Å². The molecule has 0 unspecified atom stereocenters. The predicted molar refractivity (Wildman–Crippen MR) is 84.6 cm³/mol. The standard InChI is InChI=1S/C16H19NO4S/c1-11(21-22(3,18)19)10-17-7-6-13-8-12-4-5-14(20-2)9-15(12)16(13)17/h4-7,9,11H,8,10H2,1-3H3/t11-/m0/s1. The zero-order valence-corrected chi connectivity index (χ0v) is 13.7. The highest BCUT2D eigenvalue weighted by molar-refractivity contribution is 7.86. The van der Waals surface area contributed by atoms with Crippen LogP contribution in [0.15, 0.2) is 30.5 Å². The van der Waals surface area contributed by atoms with Gasteiger partial charge in [-0.3, -0.25) is 4.18 Å². The van der Waals surface area contributed by atoms with E-state index in [2.05, 4.69) is 16.7 Å². The molecule has 0 amide bonds. The topological polar surface area (TPSA) is 57.5 Å². The Hall–Kier alpha value is -1.79. The number of ether oxygens (including phenoxy) is 1. The Bertz CT molecular complexity index is 808. The number of hydrogen-bond acceptors (Lipinski definition) is 4. The maximum absolute atomic E-state index is 11.2. The monoisotopic (exact) mass is 321 g/mol. The van der Waals surface area contributed by atoms with Crippen molar-refractivity contribution in [2.45, 2.75) is 26.0 Å². The molecular formula is C16H19NO4S. The molecule has 0 bridgehead atoms. The van der Waals surface area contributed by atoms with Crippen molar-refractivity contribution in [3.8, 4) is 17.0 Å². The summed E-state index contributed by atoms with van der Waals surface area (Å²) in [5, 5.41) is 0. The second-order valence-corrected chi connectivity index (χ2v) is 7.25. The van der Waals surface area contributed by atoms with Crippen LogP contribution < -0.4 is 4.74 Å². The van der Waals surface area contributed by atoms with Crippen molar-refractivity contribution >= 4 is 10.1 Å². The average Bonchev–Trinajstić information content (AvgIpc) is 2.96. The van der Waals surface area contributed by atoms with Gasteiger partial charge in [0.15, 0.2) is 0 Å². The second kappa shape index (κ2) is 5.44. The number of methoxy groups -OCH3 is 1. The molecule has 5 nitrogen and oxygen atoms in total. The van der Waals surface area contributed by atoms with Crippen molar-refractivity contribution < 1.29 is 17.3 Å². The smallest absolute Gasteiger partial charge is 0.264 e. The molecule has 1 atom stereocenters. The number of fused-ring (bicyclic) bond motifs is 3. The SMILES string of the molecule is COc1ccc2c(c1)-c1c(ccn1C[C@H](C)OS(C)(=O)=O)C2. The number of aromatic nitrogens is 1. The Morgan fingerprint density at radius 2 is 2.05 bits per heavy atom. The molecule has 1 aromatic carbocycles. The Morgan fingerprint density at radius 1 is 1.27 bits per heavy atom. The summed E-state index contributed by atoms with van der Waals surface area (Å²) in [7, 11) is -1.79. The molecule has 0 fully saturated rings. The van der Waals surface area contributed by atoms with E-state index in [-0.39, 0.29) is 0 Å². The van der Waals surface area contributed by atoms with Gasteiger partial charge in [0.2, 0.25) is 0 Å². The summed E-state index contributed by atoms with van der Waals surface area (Å²) >= 11 is 0. The molecule has 118 valence electrons. The summed E-state index contributed by atoms with van der Waals surface area (Å²) in [6.07, 6.45) is 3.53. The molecule has 1 aromatic heterocycles. The molecular weight excluding hydrogens is 302 g/mol. The maximum atomic E-state index is 11.2. The van der Waals surface area contributed by atoms with E-state index >= 15 is 0 Å². The molecule has 22 heavy (non-hydrogen) atoms. The average molecular weight is 321 g/mol. The van der Waals surface area contributed by atoms with Crippen molar-refractivity contribution in [3.05, 3.63) is 41.6 Å². The van der Waals surface area contributed by atoms with Crippen molar-refractivity contribution in [3.63, 3.8) is 0 Å². The van der Waals surface area contributed by atoms with E-state index in [1.165, 1.54) is 11.1 Å². The van der Waals surface area contributed by atoms with Gasteiger partial charge in [-0.25, -0.2) is 0 Å². The van der Waals surface area contributed by atoms with E-state index in [0.717, 1.165) is 29.7 Å². The lowest BCUT2D eigenvalue weighted by atomic mass is 10.1. The number of rotatable bonds is 5. The molecule has 2 aromatic rings. The molecule has 0 radical (unpaired) electrons. The molecule has 6 heteroatoms. The Kier molecular flexibility index (Phi) is 3.74. The first-order valence-electron chi connectivity index (χ1n) is 7.11. The summed E-state index contributed by atoms with van der Waals surface area (Å²) in [5.74, 6) is 0.819. The van der Waals surface area contributed by atoms with Gasteiger partial charge in [-0.15, -0.1) is 0 Å². The highest BCUT2D eigenvalue weighted by atomic mass is 32.2. The van der Waals surface area contributed by atoms with E-state index in [4.69, 9.17) is 8.92 Å². The third-order valence-electron chi connectivity index (χ3n) is 3.79. The van der Waals surface area contributed by atoms with Gasteiger partial charge in [0.25, 0.3) is 10.1 Å². The van der Waals surface area contributed by atoms with Gasteiger partial charge in [0.1, 0.15) is 5.75 Å². The third-order valence-corrected chi connectivity index (χ3v) is 4.47. The van der Waals surface area contributed by atoms with Crippen molar-refractivity contribution in [1.29, 1.82) is 0 Å². The Morgan fingerprint density at radius 3 is 2.73 bits per heavy atom. The number of nitrogens with zero attached hydrogens (tertiary/aromatic N) is 1. The molecule has 0 spiro atoms. The van der Waals surface area contributed by atoms with Crippen LogP contribution in [-0.2, 0) is 27.3 Å². The fourth-order valence-electron chi connectivity index (χ4n) is 3.01. The zero-order chi connectivity index (χ0) is 15.9. The molecule has 3 rings (SSSR count). The van der Waals surface area contributed by atoms with E-state index in [9.17, 15) is 8.42 Å². The Balaban J connectivity index is 1.92. The third kappa shape index (κ3) is 2.89. The lowest BCUT2D eigenvalue weighted by Gasteiger charge is -2.15. The molecule has 0 saturated heterocycles. The summed E-state index contributed by atoms with van der Waals surface area (Å²) < 4.78 is 34.9. The van der Waals surface area contributed by atoms with Crippen LogP contribution in [0.3, 0.4) is 0 Å². The van der Waals surface area contributed by atoms with Crippen molar-refractivity contribution in [1.82, 2.24) is 4.57 Å². The van der Waals surface area contributed by atoms with Gasteiger partial charge in [-0.05, 0) is 36.2 Å². The van der Waals surface area contributed by atoms with Gasteiger partial charge in [-0.2, -0.15) is 8.42 Å². The number of hydrogen-bond donors (Lipinski definition) is 0. The first-order valence-corrected chi connectivity index (χ1v) is 8.92. The minimum atomic E-state index is -3.45. The first kappa shape index (κ1) is 15.1. The van der Waals surface area contributed by atoms with E-state index in [0.29, 0.717) is 6.54 Å². The van der Waals surface area contributed by atoms with Crippen LogP contribution in [0.2, 0.25) is 0 Å². The van der Waals surface area contributed by atoms with Crippen LogP contribution in [0.25, 0.3) is 11.3 Å². The van der Waals surface area contributed by atoms with Crippen molar-refractivity contribution in [2.75, 3.05) is 13.4 Å². The summed E-state index contributed by atoms with van der Waals surface area (Å²) in [5.41, 5.74) is 4.77. The molecule has 1 aliphatic carbocycles. The van der Waals surface area contributed by atoms with E-state index in [1.807, 2.05) is 18.3 Å². The minimum Gasteiger partial charge on any atom is -0.497 e. The maximum Gasteiger partial charge on any atom is 0.264 e. The first-order chi connectivity index (χ1) is 10.4. The van der Waals surface area contributed by atoms with Crippen molar-refractivity contribution in [2.24, 2.45) is 0 Å².